The fraction of sp³-hybridized carbons (Fsp3) is 1.00. The Kier molecular flexibility index (Phi) is 3.77. The molecular weight excluding hydrogens is 240 g/mol. The van der Waals surface area contributed by atoms with Gasteiger partial charge in [-0.1, -0.05) is 0 Å². The molecule has 0 aromatic carbocycles. The Balaban J connectivity index is 2.15. The van der Waals surface area contributed by atoms with E-state index in [-0.39, 0.29) is 12.6 Å². The van der Waals surface area contributed by atoms with Gasteiger partial charge in [0.15, 0.2) is 0 Å². The number of hydrogen-bond donors (Lipinski definition) is 1. The Morgan fingerprint density at radius 1 is 1.41 bits per heavy atom. The number of nitrogens with zero attached hydrogens (tertiary/aromatic N) is 2. The van der Waals surface area contributed by atoms with E-state index in [1.54, 1.807) is 11.2 Å². The summed E-state index contributed by atoms with van der Waals surface area (Å²) in [4.78, 5) is 2.39. The second-order valence-corrected chi connectivity index (χ2v) is 7.55. The first-order chi connectivity index (χ1) is 7.96. The van der Waals surface area contributed by atoms with Crippen LogP contribution >= 0.6 is 0 Å². The van der Waals surface area contributed by atoms with Gasteiger partial charge in [-0.25, -0.2) is 8.42 Å². The second kappa shape index (κ2) is 4.84. The predicted molar refractivity (Wildman–Crippen MR) is 66.2 cm³/mol. The lowest BCUT2D eigenvalue weighted by molar-refractivity contribution is 0.115. The molecule has 2 aliphatic rings. The zero-order valence-corrected chi connectivity index (χ0v) is 11.4. The summed E-state index contributed by atoms with van der Waals surface area (Å²) >= 11 is 0. The first-order valence-electron chi connectivity index (χ1n) is 6.32. The van der Waals surface area contributed by atoms with Crippen molar-refractivity contribution in [2.75, 3.05) is 26.2 Å². The number of rotatable bonds is 3. The molecule has 0 amide bonds. The van der Waals surface area contributed by atoms with E-state index in [0.717, 1.165) is 19.5 Å². The first kappa shape index (κ1) is 13.3. The van der Waals surface area contributed by atoms with Gasteiger partial charge in [0.2, 0.25) is 10.0 Å². The molecule has 5 nitrogen and oxygen atoms in total. The first-order valence-corrected chi connectivity index (χ1v) is 7.82. The van der Waals surface area contributed by atoms with Crippen molar-refractivity contribution in [1.29, 1.82) is 0 Å². The van der Waals surface area contributed by atoms with Gasteiger partial charge < -0.3 is 5.11 Å². The number of sulfonamides is 1. The van der Waals surface area contributed by atoms with Crippen LogP contribution in [0, 0.1) is 0 Å². The minimum atomic E-state index is -3.34. The summed E-state index contributed by atoms with van der Waals surface area (Å²) in [5.74, 6) is 0. The number of piperazine rings is 1. The van der Waals surface area contributed by atoms with E-state index in [9.17, 15) is 8.42 Å². The SMILES string of the molecule is CC1CN2CCCC2CN1S(=O)(=O)C(C)CO. The molecule has 3 unspecified atom stereocenters. The van der Waals surface area contributed by atoms with Crippen molar-refractivity contribution in [2.24, 2.45) is 0 Å². The Bertz CT molecular complexity index is 371. The maximum Gasteiger partial charge on any atom is 0.219 e. The Hall–Kier alpha value is -0.170. The molecule has 0 aliphatic carbocycles. The number of fused-ring (bicyclic) bond motifs is 1. The molecule has 2 heterocycles. The molecule has 2 saturated heterocycles. The smallest absolute Gasteiger partial charge is 0.219 e. The molecule has 2 rings (SSSR count). The lowest BCUT2D eigenvalue weighted by Crippen LogP contribution is -2.58. The van der Waals surface area contributed by atoms with E-state index < -0.39 is 15.3 Å². The molecule has 0 saturated carbocycles. The molecule has 2 aliphatic heterocycles. The normalized spacial score (nSPS) is 33.6. The van der Waals surface area contributed by atoms with Gasteiger partial charge in [-0.2, -0.15) is 4.31 Å². The van der Waals surface area contributed by atoms with Gasteiger partial charge in [-0.15, -0.1) is 0 Å². The molecule has 0 bridgehead atoms. The van der Waals surface area contributed by atoms with Gasteiger partial charge in [-0.05, 0) is 33.2 Å². The number of aliphatic hydroxyl groups excluding tert-OH is 1. The quantitative estimate of drug-likeness (QED) is 0.769. The van der Waals surface area contributed by atoms with Crippen molar-refractivity contribution < 1.29 is 13.5 Å². The van der Waals surface area contributed by atoms with Crippen LogP contribution in [0.1, 0.15) is 26.7 Å². The lowest BCUT2D eigenvalue weighted by atomic mass is 10.1. The fourth-order valence-electron chi connectivity index (χ4n) is 2.84. The highest BCUT2D eigenvalue weighted by Crippen LogP contribution is 2.27. The minimum absolute atomic E-state index is 0.0170. The van der Waals surface area contributed by atoms with Crippen LogP contribution in [0.25, 0.3) is 0 Å². The Morgan fingerprint density at radius 2 is 2.12 bits per heavy atom. The molecule has 0 aromatic rings. The summed E-state index contributed by atoms with van der Waals surface area (Å²) in [6.07, 6.45) is 2.26. The van der Waals surface area contributed by atoms with E-state index in [2.05, 4.69) is 4.90 Å². The molecule has 1 N–H and O–H groups in total. The Morgan fingerprint density at radius 3 is 2.76 bits per heavy atom. The van der Waals surface area contributed by atoms with Gasteiger partial charge in [0.1, 0.15) is 0 Å². The topological polar surface area (TPSA) is 60.9 Å². The summed E-state index contributed by atoms with van der Waals surface area (Å²) in [6, 6.07) is 0.398. The lowest BCUT2D eigenvalue weighted by Gasteiger charge is -2.42. The zero-order valence-electron chi connectivity index (χ0n) is 10.5. The maximum absolute atomic E-state index is 12.3. The maximum atomic E-state index is 12.3. The second-order valence-electron chi connectivity index (χ2n) is 5.25. The fourth-order valence-corrected chi connectivity index (χ4v) is 4.44. The van der Waals surface area contributed by atoms with Gasteiger partial charge in [0.05, 0.1) is 11.9 Å². The van der Waals surface area contributed by atoms with E-state index in [0.29, 0.717) is 12.6 Å². The average molecular weight is 262 g/mol. The average Bonchev–Trinajstić information content (AvgIpc) is 2.73. The van der Waals surface area contributed by atoms with Gasteiger partial charge in [0.25, 0.3) is 0 Å². The molecule has 17 heavy (non-hydrogen) atoms. The van der Waals surface area contributed by atoms with Crippen LogP contribution in [0.15, 0.2) is 0 Å². The standard InChI is InChI=1S/C11H22N2O3S/c1-9-6-12-5-3-4-11(12)7-13(9)17(15,16)10(2)8-14/h9-11,14H,3-8H2,1-2H3. The van der Waals surface area contributed by atoms with Crippen LogP contribution < -0.4 is 0 Å². The highest BCUT2D eigenvalue weighted by atomic mass is 32.2. The van der Waals surface area contributed by atoms with E-state index in [1.807, 2.05) is 6.92 Å². The summed E-state index contributed by atoms with van der Waals surface area (Å²) in [5, 5.41) is 8.36. The van der Waals surface area contributed by atoms with Crippen LogP contribution in [0.5, 0.6) is 0 Å². The van der Waals surface area contributed by atoms with Crippen LogP contribution in [-0.2, 0) is 10.0 Å². The molecular formula is C11H22N2O3S. The Labute approximate surface area is 103 Å². The predicted octanol–water partition coefficient (Wildman–Crippen LogP) is -0.134. The van der Waals surface area contributed by atoms with Gasteiger partial charge in [-0.3, -0.25) is 4.90 Å². The number of hydrogen-bond acceptors (Lipinski definition) is 4. The molecule has 0 spiro atoms. The monoisotopic (exact) mass is 262 g/mol. The third-order valence-corrected chi connectivity index (χ3v) is 6.30. The van der Waals surface area contributed by atoms with Gasteiger partial charge >= 0.3 is 0 Å². The van der Waals surface area contributed by atoms with E-state index in [4.69, 9.17) is 5.11 Å². The van der Waals surface area contributed by atoms with Crippen molar-refractivity contribution in [3.05, 3.63) is 0 Å². The summed E-state index contributed by atoms with van der Waals surface area (Å²) in [7, 11) is -3.34. The van der Waals surface area contributed by atoms with Crippen LogP contribution in [-0.4, -0.2) is 66.3 Å². The largest absolute Gasteiger partial charge is 0.395 e. The van der Waals surface area contributed by atoms with E-state index in [1.165, 1.54) is 6.42 Å². The molecule has 2 fully saturated rings. The van der Waals surface area contributed by atoms with Crippen LogP contribution in [0.2, 0.25) is 0 Å². The van der Waals surface area contributed by atoms with Crippen molar-refractivity contribution in [2.45, 2.75) is 44.0 Å². The molecule has 0 aromatic heterocycles. The molecule has 100 valence electrons. The zero-order chi connectivity index (χ0) is 12.6. The summed E-state index contributed by atoms with van der Waals surface area (Å²) in [5.41, 5.74) is 0. The van der Waals surface area contributed by atoms with Crippen LogP contribution in [0.3, 0.4) is 0 Å². The highest BCUT2D eigenvalue weighted by Gasteiger charge is 2.41. The summed E-state index contributed by atoms with van der Waals surface area (Å²) in [6.45, 7) is 5.73. The molecule has 0 radical (unpaired) electrons. The van der Waals surface area contributed by atoms with E-state index >= 15 is 0 Å². The van der Waals surface area contributed by atoms with Crippen LogP contribution in [0.4, 0.5) is 0 Å². The van der Waals surface area contributed by atoms with Crippen molar-refractivity contribution in [3.63, 3.8) is 0 Å². The third-order valence-electron chi connectivity index (χ3n) is 3.97. The van der Waals surface area contributed by atoms with Gasteiger partial charge in [0, 0.05) is 25.2 Å². The molecule has 6 heteroatoms. The third kappa shape index (κ3) is 2.36. The highest BCUT2D eigenvalue weighted by molar-refractivity contribution is 7.89. The van der Waals surface area contributed by atoms with Crippen molar-refractivity contribution in [3.8, 4) is 0 Å². The summed E-state index contributed by atoms with van der Waals surface area (Å²) < 4.78 is 26.1. The van der Waals surface area contributed by atoms with Crippen molar-refractivity contribution in [1.82, 2.24) is 9.21 Å². The minimum Gasteiger partial charge on any atom is -0.395 e. The molecule has 3 atom stereocenters. The van der Waals surface area contributed by atoms with Crippen molar-refractivity contribution >= 4 is 10.0 Å². The number of aliphatic hydroxyl groups is 1.